The second-order valence-corrected chi connectivity index (χ2v) is 5.10. The quantitative estimate of drug-likeness (QED) is 0.908. The van der Waals surface area contributed by atoms with Crippen molar-refractivity contribution in [2.45, 2.75) is 0 Å². The highest BCUT2D eigenvalue weighted by Crippen LogP contribution is 2.25. The van der Waals surface area contributed by atoms with Crippen LogP contribution in [-0.2, 0) is 0 Å². The Bertz CT molecular complexity index is 729. The molecule has 0 aliphatic heterocycles. The lowest BCUT2D eigenvalue weighted by atomic mass is 9.97. The van der Waals surface area contributed by atoms with Crippen LogP contribution < -0.4 is 5.32 Å². The van der Waals surface area contributed by atoms with E-state index in [2.05, 4.69) is 16.9 Å². The van der Waals surface area contributed by atoms with Crippen molar-refractivity contribution < 1.29 is 9.59 Å². The predicted octanol–water partition coefficient (Wildman–Crippen LogP) is 2.14. The molecule has 22 heavy (non-hydrogen) atoms. The van der Waals surface area contributed by atoms with E-state index in [-0.39, 0.29) is 11.8 Å². The van der Waals surface area contributed by atoms with Gasteiger partial charge >= 0.3 is 0 Å². The van der Waals surface area contributed by atoms with Gasteiger partial charge < -0.3 is 15.2 Å². The molecule has 2 N–H and O–H groups in total. The molecule has 2 rings (SSSR count). The second-order valence-electron chi connectivity index (χ2n) is 5.10. The SMILES string of the molecule is C=C(c1cccc(C(=O)N(C)C)c1)c1cc[nH]c1C(=O)NC. The Kier molecular flexibility index (Phi) is 4.46. The standard InChI is InChI=1S/C17H19N3O2/c1-11(14-8-9-19-15(14)16(21)18-2)12-6-5-7-13(10-12)17(22)20(3)4/h5-10,19H,1H2,2-4H3,(H,18,21). The van der Waals surface area contributed by atoms with Crippen molar-refractivity contribution >= 4 is 17.4 Å². The van der Waals surface area contributed by atoms with Gasteiger partial charge in [0.15, 0.2) is 0 Å². The molecular formula is C17H19N3O2. The molecule has 5 heteroatoms. The first-order valence-electron chi connectivity index (χ1n) is 6.86. The van der Waals surface area contributed by atoms with Crippen LogP contribution in [0.3, 0.4) is 0 Å². The first-order chi connectivity index (χ1) is 10.5. The number of benzene rings is 1. The highest BCUT2D eigenvalue weighted by atomic mass is 16.2. The van der Waals surface area contributed by atoms with Gasteiger partial charge in [0, 0.05) is 38.5 Å². The molecule has 0 saturated carbocycles. The third-order valence-corrected chi connectivity index (χ3v) is 3.39. The number of amides is 2. The lowest BCUT2D eigenvalue weighted by Gasteiger charge is -2.12. The summed E-state index contributed by atoms with van der Waals surface area (Å²) in [7, 11) is 4.99. The van der Waals surface area contributed by atoms with Crippen LogP contribution in [0.25, 0.3) is 5.57 Å². The number of H-pyrrole nitrogens is 1. The first-order valence-corrected chi connectivity index (χ1v) is 6.86. The average molecular weight is 297 g/mol. The summed E-state index contributed by atoms with van der Waals surface area (Å²) in [5.41, 5.74) is 3.25. The van der Waals surface area contributed by atoms with Crippen LogP contribution in [0.15, 0.2) is 43.1 Å². The van der Waals surface area contributed by atoms with Gasteiger partial charge in [-0.2, -0.15) is 0 Å². The number of rotatable bonds is 4. The molecule has 114 valence electrons. The van der Waals surface area contributed by atoms with Crippen molar-refractivity contribution in [1.82, 2.24) is 15.2 Å². The number of aromatic nitrogens is 1. The summed E-state index contributed by atoms with van der Waals surface area (Å²) in [6, 6.07) is 9.02. The third-order valence-electron chi connectivity index (χ3n) is 3.39. The minimum Gasteiger partial charge on any atom is -0.357 e. The van der Waals surface area contributed by atoms with Crippen LogP contribution in [0.4, 0.5) is 0 Å². The van der Waals surface area contributed by atoms with Gasteiger partial charge in [0.1, 0.15) is 5.69 Å². The maximum Gasteiger partial charge on any atom is 0.268 e. The van der Waals surface area contributed by atoms with Crippen LogP contribution in [0.2, 0.25) is 0 Å². The summed E-state index contributed by atoms with van der Waals surface area (Å²) in [5, 5.41) is 2.59. The molecule has 0 spiro atoms. The molecule has 1 aromatic carbocycles. The summed E-state index contributed by atoms with van der Waals surface area (Å²) in [6.45, 7) is 4.07. The van der Waals surface area contributed by atoms with Gasteiger partial charge in [0.25, 0.3) is 11.8 Å². The summed E-state index contributed by atoms with van der Waals surface area (Å²) >= 11 is 0. The lowest BCUT2D eigenvalue weighted by Crippen LogP contribution is -2.21. The number of aromatic amines is 1. The first kappa shape index (κ1) is 15.6. The Labute approximate surface area is 129 Å². The monoisotopic (exact) mass is 297 g/mol. The van der Waals surface area contributed by atoms with E-state index in [1.54, 1.807) is 45.5 Å². The summed E-state index contributed by atoms with van der Waals surface area (Å²) < 4.78 is 0. The lowest BCUT2D eigenvalue weighted by molar-refractivity contribution is 0.0827. The number of hydrogen-bond acceptors (Lipinski definition) is 2. The smallest absolute Gasteiger partial charge is 0.268 e. The maximum absolute atomic E-state index is 12.1. The van der Waals surface area contributed by atoms with Crippen LogP contribution in [0, 0.1) is 0 Å². The van der Waals surface area contributed by atoms with E-state index in [0.717, 1.165) is 5.56 Å². The topological polar surface area (TPSA) is 65.2 Å². The molecule has 0 aliphatic carbocycles. The number of hydrogen-bond donors (Lipinski definition) is 2. The van der Waals surface area contributed by atoms with Gasteiger partial charge in [-0.25, -0.2) is 0 Å². The van der Waals surface area contributed by atoms with Gasteiger partial charge in [-0.05, 0) is 29.3 Å². The molecular weight excluding hydrogens is 278 g/mol. The molecule has 1 aromatic heterocycles. The largest absolute Gasteiger partial charge is 0.357 e. The van der Waals surface area contributed by atoms with Gasteiger partial charge in [-0.15, -0.1) is 0 Å². The summed E-state index contributed by atoms with van der Waals surface area (Å²) in [5.74, 6) is -0.281. The van der Waals surface area contributed by atoms with Gasteiger partial charge in [-0.3, -0.25) is 9.59 Å². The Hall–Kier alpha value is -2.82. The van der Waals surface area contributed by atoms with Crippen LogP contribution >= 0.6 is 0 Å². The van der Waals surface area contributed by atoms with Crippen molar-refractivity contribution in [3.8, 4) is 0 Å². The average Bonchev–Trinajstić information content (AvgIpc) is 3.02. The summed E-state index contributed by atoms with van der Waals surface area (Å²) in [6.07, 6.45) is 1.69. The normalized spacial score (nSPS) is 10.1. The number of nitrogens with one attached hydrogen (secondary N) is 2. The molecule has 5 nitrogen and oxygen atoms in total. The minimum atomic E-state index is -0.207. The van der Waals surface area contributed by atoms with Crippen molar-refractivity contribution in [3.05, 3.63) is 65.5 Å². The van der Waals surface area contributed by atoms with E-state index < -0.39 is 0 Å². The Morgan fingerprint density at radius 2 is 1.86 bits per heavy atom. The van der Waals surface area contributed by atoms with Crippen molar-refractivity contribution in [3.63, 3.8) is 0 Å². The van der Waals surface area contributed by atoms with E-state index in [1.807, 2.05) is 12.1 Å². The molecule has 0 saturated heterocycles. The van der Waals surface area contributed by atoms with E-state index in [4.69, 9.17) is 0 Å². The van der Waals surface area contributed by atoms with Crippen molar-refractivity contribution in [2.24, 2.45) is 0 Å². The maximum atomic E-state index is 12.1. The van der Waals surface area contributed by atoms with Gasteiger partial charge in [-0.1, -0.05) is 18.7 Å². The van der Waals surface area contributed by atoms with E-state index in [9.17, 15) is 9.59 Å². The van der Waals surface area contributed by atoms with E-state index >= 15 is 0 Å². The molecule has 0 fully saturated rings. The third kappa shape index (κ3) is 2.93. The van der Waals surface area contributed by atoms with Crippen LogP contribution in [0.1, 0.15) is 32.0 Å². The Balaban J connectivity index is 2.39. The highest BCUT2D eigenvalue weighted by molar-refractivity contribution is 6.00. The van der Waals surface area contributed by atoms with Crippen molar-refractivity contribution in [2.75, 3.05) is 21.1 Å². The van der Waals surface area contributed by atoms with Crippen LogP contribution in [-0.4, -0.2) is 42.8 Å². The fourth-order valence-corrected chi connectivity index (χ4v) is 2.19. The molecule has 2 aromatic rings. The van der Waals surface area contributed by atoms with E-state index in [1.165, 1.54) is 4.90 Å². The molecule has 2 amide bonds. The molecule has 0 radical (unpaired) electrons. The molecule has 0 bridgehead atoms. The fourth-order valence-electron chi connectivity index (χ4n) is 2.19. The molecule has 1 heterocycles. The van der Waals surface area contributed by atoms with Gasteiger partial charge in [0.05, 0.1) is 0 Å². The zero-order valence-electron chi connectivity index (χ0n) is 12.9. The fraction of sp³-hybridized carbons (Fsp3) is 0.176. The predicted molar refractivity (Wildman–Crippen MR) is 86.8 cm³/mol. The zero-order chi connectivity index (χ0) is 16.3. The van der Waals surface area contributed by atoms with Crippen LogP contribution in [0.5, 0.6) is 0 Å². The highest BCUT2D eigenvalue weighted by Gasteiger charge is 2.16. The Morgan fingerprint density at radius 1 is 1.18 bits per heavy atom. The van der Waals surface area contributed by atoms with E-state index in [0.29, 0.717) is 22.4 Å². The zero-order valence-corrected chi connectivity index (χ0v) is 12.9. The molecule has 0 atom stereocenters. The van der Waals surface area contributed by atoms with Gasteiger partial charge in [0.2, 0.25) is 0 Å². The number of nitrogens with zero attached hydrogens (tertiary/aromatic N) is 1. The Morgan fingerprint density at radius 3 is 2.50 bits per heavy atom. The molecule has 0 unspecified atom stereocenters. The number of carbonyl (C=O) groups excluding carboxylic acids is 2. The van der Waals surface area contributed by atoms with Crippen molar-refractivity contribution in [1.29, 1.82) is 0 Å². The minimum absolute atomic E-state index is 0.0738. The second kappa shape index (κ2) is 6.30. The molecule has 0 aliphatic rings. The number of carbonyl (C=O) groups is 2. The summed E-state index contributed by atoms with van der Waals surface area (Å²) in [4.78, 5) is 28.3.